The van der Waals surface area contributed by atoms with Crippen molar-refractivity contribution in [3.63, 3.8) is 0 Å². The number of allylic oxidation sites excluding steroid dienone is 1. The van der Waals surface area contributed by atoms with Crippen LogP contribution in [0.1, 0.15) is 13.8 Å². The molecule has 0 aliphatic carbocycles. The van der Waals surface area contributed by atoms with E-state index in [1.807, 2.05) is 19.5 Å². The Hall–Kier alpha value is -0.0431. The minimum absolute atomic E-state index is 1.29. The summed E-state index contributed by atoms with van der Waals surface area (Å²) in [7, 11) is 3.19. The molecule has 0 aromatic carbocycles. The molecule has 3 radical (unpaired) electrons. The fourth-order valence-electron chi connectivity index (χ4n) is 0. The maximum absolute atomic E-state index is 3.19. The van der Waals surface area contributed by atoms with Gasteiger partial charge in [-0.25, -0.2) is 0 Å². The normalized spacial score (nSPS) is 7.00. The standard InChI is InChI=1S/C4H7Si/c1-4(2)3-5/h3H,1-2H3. The van der Waals surface area contributed by atoms with Gasteiger partial charge in [0, 0.05) is 0 Å². The van der Waals surface area contributed by atoms with E-state index in [0.717, 1.165) is 0 Å². The Morgan fingerprint density at radius 3 is 1.80 bits per heavy atom. The Bertz CT molecular complexity index is 41.6. The van der Waals surface area contributed by atoms with Crippen LogP contribution in [0.25, 0.3) is 0 Å². The van der Waals surface area contributed by atoms with E-state index in [-0.39, 0.29) is 0 Å². The lowest BCUT2D eigenvalue weighted by atomic mass is 10.4. The molecule has 0 spiro atoms. The molecule has 0 aliphatic heterocycles. The first kappa shape index (κ1) is 4.96. The van der Waals surface area contributed by atoms with Crippen molar-refractivity contribution < 1.29 is 0 Å². The monoisotopic (exact) mass is 83.0 g/mol. The second-order valence-electron chi connectivity index (χ2n) is 1.22. The third-order valence-corrected chi connectivity index (χ3v) is 0.866. The van der Waals surface area contributed by atoms with Crippen LogP contribution in [-0.4, -0.2) is 10.2 Å². The van der Waals surface area contributed by atoms with Crippen molar-refractivity contribution in [1.29, 1.82) is 0 Å². The highest BCUT2D eigenvalue weighted by molar-refractivity contribution is 6.17. The van der Waals surface area contributed by atoms with Gasteiger partial charge in [0.2, 0.25) is 0 Å². The minimum Gasteiger partial charge on any atom is -0.103 e. The SMILES string of the molecule is CC(C)=C[Si]. The first-order chi connectivity index (χ1) is 2.27. The molecule has 0 nitrogen and oxygen atoms in total. The maximum atomic E-state index is 3.19. The van der Waals surface area contributed by atoms with Gasteiger partial charge in [0.15, 0.2) is 0 Å². The molecule has 0 rings (SSSR count). The van der Waals surface area contributed by atoms with E-state index >= 15 is 0 Å². The molecule has 0 heterocycles. The molecule has 1 heteroatoms. The lowest BCUT2D eigenvalue weighted by Crippen LogP contribution is -1.57. The predicted octanol–water partition coefficient (Wildman–Crippen LogP) is 1.08. The second-order valence-corrected chi connectivity index (χ2v) is 1.51. The molecule has 0 saturated heterocycles. The summed E-state index contributed by atoms with van der Waals surface area (Å²) in [5.41, 5.74) is 3.18. The zero-order valence-corrected chi connectivity index (χ0v) is 4.58. The van der Waals surface area contributed by atoms with Gasteiger partial charge in [0.25, 0.3) is 0 Å². The average molecular weight is 83.2 g/mol. The summed E-state index contributed by atoms with van der Waals surface area (Å²) in [6.07, 6.45) is 0. The zero-order valence-electron chi connectivity index (χ0n) is 3.58. The van der Waals surface area contributed by atoms with Crippen LogP contribution in [0.4, 0.5) is 0 Å². The first-order valence-corrected chi connectivity index (χ1v) is 2.15. The van der Waals surface area contributed by atoms with Gasteiger partial charge in [-0.1, -0.05) is 5.57 Å². The number of hydrogen-bond acceptors (Lipinski definition) is 0. The van der Waals surface area contributed by atoms with Gasteiger partial charge in [-0.3, -0.25) is 0 Å². The van der Waals surface area contributed by atoms with Crippen molar-refractivity contribution >= 4 is 10.2 Å². The van der Waals surface area contributed by atoms with Gasteiger partial charge in [-0.2, -0.15) is 0 Å². The summed E-state index contributed by atoms with van der Waals surface area (Å²) >= 11 is 0. The van der Waals surface area contributed by atoms with Gasteiger partial charge < -0.3 is 0 Å². The van der Waals surface area contributed by atoms with Gasteiger partial charge in [-0.15, -0.1) is 5.70 Å². The van der Waals surface area contributed by atoms with E-state index < -0.39 is 0 Å². The number of hydrogen-bond donors (Lipinski definition) is 0. The Kier molecular flexibility index (Phi) is 2.19. The molecular formula is C4H7Si. The van der Waals surface area contributed by atoms with Crippen LogP contribution in [0.15, 0.2) is 11.3 Å². The summed E-state index contributed by atoms with van der Waals surface area (Å²) in [6.45, 7) is 4.07. The molecule has 0 bridgehead atoms. The van der Waals surface area contributed by atoms with Crippen molar-refractivity contribution in [2.75, 3.05) is 0 Å². The van der Waals surface area contributed by atoms with E-state index in [1.165, 1.54) is 5.57 Å². The molecule has 0 aliphatic rings. The molecular weight excluding hydrogens is 76.1 g/mol. The maximum Gasteiger partial charge on any atom is 0.0599 e. The molecule has 0 aromatic rings. The Balaban J connectivity index is 3.14. The largest absolute Gasteiger partial charge is 0.103 e. The van der Waals surface area contributed by atoms with Crippen LogP contribution in [0.5, 0.6) is 0 Å². The summed E-state index contributed by atoms with van der Waals surface area (Å²) in [6, 6.07) is 0. The third kappa shape index (κ3) is 3.96. The average Bonchev–Trinajstić information content (AvgIpc) is 1.38. The third-order valence-electron chi connectivity index (χ3n) is 0.289. The van der Waals surface area contributed by atoms with Crippen LogP contribution < -0.4 is 0 Å². The summed E-state index contributed by atoms with van der Waals surface area (Å²) in [5.74, 6) is 0. The van der Waals surface area contributed by atoms with Crippen LogP contribution in [0.3, 0.4) is 0 Å². The molecule has 0 saturated carbocycles. The lowest BCUT2D eigenvalue weighted by molar-refractivity contribution is 1.41. The van der Waals surface area contributed by atoms with E-state index in [4.69, 9.17) is 0 Å². The topological polar surface area (TPSA) is 0 Å². The van der Waals surface area contributed by atoms with Crippen LogP contribution in [0, 0.1) is 0 Å². The van der Waals surface area contributed by atoms with E-state index in [0.29, 0.717) is 0 Å². The summed E-state index contributed by atoms with van der Waals surface area (Å²) < 4.78 is 0. The van der Waals surface area contributed by atoms with Crippen LogP contribution >= 0.6 is 0 Å². The minimum atomic E-state index is 1.29. The van der Waals surface area contributed by atoms with Crippen molar-refractivity contribution in [3.05, 3.63) is 11.3 Å². The molecule has 0 N–H and O–H groups in total. The van der Waals surface area contributed by atoms with Crippen molar-refractivity contribution in [2.45, 2.75) is 13.8 Å². The van der Waals surface area contributed by atoms with Gasteiger partial charge in [-0.05, 0) is 13.8 Å². The zero-order chi connectivity index (χ0) is 4.28. The molecule has 0 amide bonds. The molecule has 27 valence electrons. The highest BCUT2D eigenvalue weighted by Gasteiger charge is 1.60. The predicted molar refractivity (Wildman–Crippen MR) is 25.2 cm³/mol. The van der Waals surface area contributed by atoms with E-state index in [9.17, 15) is 0 Å². The number of rotatable bonds is 0. The second kappa shape index (κ2) is 2.21. The molecule has 0 fully saturated rings. The highest BCUT2D eigenvalue weighted by atomic mass is 28.1. The molecule has 0 atom stereocenters. The van der Waals surface area contributed by atoms with Crippen LogP contribution in [-0.2, 0) is 0 Å². The van der Waals surface area contributed by atoms with Crippen molar-refractivity contribution in [1.82, 2.24) is 0 Å². The quantitative estimate of drug-likeness (QED) is 0.384. The Labute approximate surface area is 36.3 Å². The Morgan fingerprint density at radius 1 is 1.60 bits per heavy atom. The van der Waals surface area contributed by atoms with Gasteiger partial charge in [0.05, 0.1) is 10.2 Å². The highest BCUT2D eigenvalue weighted by Crippen LogP contribution is 1.79. The Morgan fingerprint density at radius 2 is 1.80 bits per heavy atom. The summed E-state index contributed by atoms with van der Waals surface area (Å²) in [5, 5.41) is 0. The first-order valence-electron chi connectivity index (χ1n) is 1.58. The molecule has 0 unspecified atom stereocenters. The van der Waals surface area contributed by atoms with Crippen molar-refractivity contribution in [3.8, 4) is 0 Å². The lowest BCUT2D eigenvalue weighted by Gasteiger charge is -1.73. The van der Waals surface area contributed by atoms with Crippen LogP contribution in [0.2, 0.25) is 0 Å². The molecule has 0 aromatic heterocycles. The molecule has 5 heavy (non-hydrogen) atoms. The van der Waals surface area contributed by atoms with E-state index in [2.05, 4.69) is 10.2 Å². The van der Waals surface area contributed by atoms with Gasteiger partial charge >= 0.3 is 0 Å². The summed E-state index contributed by atoms with van der Waals surface area (Å²) in [4.78, 5) is 0. The van der Waals surface area contributed by atoms with Crippen molar-refractivity contribution in [2.24, 2.45) is 0 Å². The van der Waals surface area contributed by atoms with Gasteiger partial charge in [0.1, 0.15) is 0 Å². The fourth-order valence-corrected chi connectivity index (χ4v) is 0. The smallest absolute Gasteiger partial charge is 0.0599 e. The fraction of sp³-hybridized carbons (Fsp3) is 0.500. The van der Waals surface area contributed by atoms with E-state index in [1.54, 1.807) is 0 Å².